The Labute approximate surface area is 142 Å². The van der Waals surface area contributed by atoms with Crippen LogP contribution in [0.2, 0.25) is 0 Å². The Hall–Kier alpha value is -2.21. The van der Waals surface area contributed by atoms with Crippen molar-refractivity contribution in [2.45, 2.75) is 52.1 Å². The van der Waals surface area contributed by atoms with Gasteiger partial charge in [0, 0.05) is 30.1 Å². The summed E-state index contributed by atoms with van der Waals surface area (Å²) in [4.78, 5) is 22.9. The molecule has 0 amide bonds. The second kappa shape index (κ2) is 8.06. The van der Waals surface area contributed by atoms with Crippen LogP contribution < -0.4 is 10.9 Å². The minimum atomic E-state index is -0.701. The maximum absolute atomic E-state index is 11.5. The molecule has 0 aliphatic rings. The van der Waals surface area contributed by atoms with Crippen LogP contribution in [0.25, 0.3) is 11.4 Å². The monoisotopic (exact) mass is 330 g/mol. The third-order valence-electron chi connectivity index (χ3n) is 3.94. The van der Waals surface area contributed by atoms with Crippen molar-refractivity contribution in [3.8, 4) is 11.4 Å². The zero-order valence-corrected chi connectivity index (χ0v) is 14.6. The lowest BCUT2D eigenvalue weighted by Gasteiger charge is -2.28. The largest absolute Gasteiger partial charge is 0.388 e. The number of hydrogen-bond acceptors (Lipinski definition) is 5. The minimum Gasteiger partial charge on any atom is -0.388 e. The van der Waals surface area contributed by atoms with Gasteiger partial charge in [0.15, 0.2) is 0 Å². The van der Waals surface area contributed by atoms with Gasteiger partial charge in [0.05, 0.1) is 5.60 Å². The molecule has 2 aromatic rings. The summed E-state index contributed by atoms with van der Waals surface area (Å²) in [6, 6.07) is 5.14. The van der Waals surface area contributed by atoms with Crippen molar-refractivity contribution < 1.29 is 5.11 Å². The first-order valence-corrected chi connectivity index (χ1v) is 8.46. The number of hydrogen-bond donors (Lipinski definition) is 3. The Morgan fingerprint density at radius 3 is 2.50 bits per heavy atom. The van der Waals surface area contributed by atoms with Crippen LogP contribution in [-0.2, 0) is 0 Å². The van der Waals surface area contributed by atoms with Crippen molar-refractivity contribution in [3.63, 3.8) is 0 Å². The third-order valence-corrected chi connectivity index (χ3v) is 3.94. The Morgan fingerprint density at radius 1 is 1.25 bits per heavy atom. The Bertz CT molecular complexity index is 704. The van der Waals surface area contributed by atoms with Gasteiger partial charge in [-0.1, -0.05) is 26.7 Å². The summed E-state index contributed by atoms with van der Waals surface area (Å²) in [6.45, 7) is 6.40. The molecule has 2 aromatic heterocycles. The molecule has 0 aromatic carbocycles. The first-order chi connectivity index (χ1) is 11.5. The van der Waals surface area contributed by atoms with E-state index in [-0.39, 0.29) is 5.56 Å². The Balaban J connectivity index is 2.08. The molecule has 0 aliphatic carbocycles. The SMILES string of the molecule is CCCC(O)(CCC)CNc1ccc(-c2nc(C)cc(=O)[nH]2)cn1. The molecule has 6 nitrogen and oxygen atoms in total. The molecule has 2 rings (SSSR count). The van der Waals surface area contributed by atoms with Crippen LogP contribution in [0.15, 0.2) is 29.2 Å². The summed E-state index contributed by atoms with van der Waals surface area (Å²) in [5, 5.41) is 13.8. The molecule has 0 saturated heterocycles. The zero-order chi connectivity index (χ0) is 17.6. The van der Waals surface area contributed by atoms with Gasteiger partial charge >= 0.3 is 0 Å². The van der Waals surface area contributed by atoms with Crippen molar-refractivity contribution >= 4 is 5.82 Å². The fourth-order valence-corrected chi connectivity index (χ4v) is 2.84. The highest BCUT2D eigenvalue weighted by atomic mass is 16.3. The van der Waals surface area contributed by atoms with Crippen molar-refractivity contribution in [1.82, 2.24) is 15.0 Å². The molecular weight excluding hydrogens is 304 g/mol. The van der Waals surface area contributed by atoms with E-state index in [1.165, 1.54) is 6.07 Å². The number of aryl methyl sites for hydroxylation is 1. The number of aromatic nitrogens is 3. The van der Waals surface area contributed by atoms with Gasteiger partial charge in [0.1, 0.15) is 11.6 Å². The van der Waals surface area contributed by atoms with Gasteiger partial charge in [0.25, 0.3) is 5.56 Å². The summed E-state index contributed by atoms with van der Waals surface area (Å²) in [7, 11) is 0. The Kier molecular flexibility index (Phi) is 6.09. The summed E-state index contributed by atoms with van der Waals surface area (Å²) < 4.78 is 0. The number of aromatic amines is 1. The van der Waals surface area contributed by atoms with Gasteiger partial charge in [-0.15, -0.1) is 0 Å². The molecule has 0 unspecified atom stereocenters. The minimum absolute atomic E-state index is 0.177. The van der Waals surface area contributed by atoms with Crippen molar-refractivity contribution in [1.29, 1.82) is 0 Å². The van der Waals surface area contributed by atoms with E-state index in [1.807, 2.05) is 12.1 Å². The fourth-order valence-electron chi connectivity index (χ4n) is 2.84. The molecule has 0 bridgehead atoms. The molecule has 0 radical (unpaired) electrons. The molecule has 0 aliphatic heterocycles. The lowest BCUT2D eigenvalue weighted by atomic mass is 9.93. The van der Waals surface area contributed by atoms with Crippen LogP contribution in [-0.4, -0.2) is 32.2 Å². The molecule has 2 heterocycles. The first-order valence-electron chi connectivity index (χ1n) is 8.46. The van der Waals surface area contributed by atoms with E-state index in [0.717, 1.165) is 31.2 Å². The van der Waals surface area contributed by atoms with Gasteiger partial charge in [-0.25, -0.2) is 9.97 Å². The van der Waals surface area contributed by atoms with E-state index in [4.69, 9.17) is 0 Å². The molecule has 3 N–H and O–H groups in total. The normalized spacial score (nSPS) is 11.5. The van der Waals surface area contributed by atoms with Crippen molar-refractivity contribution in [2.24, 2.45) is 0 Å². The summed E-state index contributed by atoms with van der Waals surface area (Å²) in [5.74, 6) is 1.20. The molecule has 0 fully saturated rings. The molecule has 0 spiro atoms. The summed E-state index contributed by atoms with van der Waals surface area (Å²) in [5.41, 5.74) is 0.537. The number of pyridine rings is 1. The van der Waals surface area contributed by atoms with Crippen molar-refractivity contribution in [3.05, 3.63) is 40.4 Å². The summed E-state index contributed by atoms with van der Waals surface area (Å²) >= 11 is 0. The number of nitrogens with zero attached hydrogens (tertiary/aromatic N) is 2. The topological polar surface area (TPSA) is 90.9 Å². The highest BCUT2D eigenvalue weighted by molar-refractivity contribution is 5.55. The van der Waals surface area contributed by atoms with Crippen LogP contribution in [0.3, 0.4) is 0 Å². The number of H-pyrrole nitrogens is 1. The zero-order valence-electron chi connectivity index (χ0n) is 14.6. The predicted octanol–water partition coefficient (Wildman–Crippen LogP) is 2.88. The molecule has 130 valence electrons. The highest BCUT2D eigenvalue weighted by Crippen LogP contribution is 2.21. The highest BCUT2D eigenvalue weighted by Gasteiger charge is 2.24. The molecule has 0 saturated carbocycles. The van der Waals surface area contributed by atoms with Gasteiger partial charge < -0.3 is 15.4 Å². The van der Waals surface area contributed by atoms with Crippen LogP contribution in [0.1, 0.15) is 45.2 Å². The molecule has 6 heteroatoms. The van der Waals surface area contributed by atoms with Crippen LogP contribution >= 0.6 is 0 Å². The average Bonchev–Trinajstić information content (AvgIpc) is 2.53. The maximum Gasteiger partial charge on any atom is 0.251 e. The fraction of sp³-hybridized carbons (Fsp3) is 0.500. The van der Waals surface area contributed by atoms with E-state index in [9.17, 15) is 9.90 Å². The van der Waals surface area contributed by atoms with E-state index in [2.05, 4.69) is 34.1 Å². The van der Waals surface area contributed by atoms with Crippen LogP contribution in [0, 0.1) is 6.92 Å². The number of aliphatic hydroxyl groups is 1. The summed E-state index contributed by atoms with van der Waals surface area (Å²) in [6.07, 6.45) is 5.08. The lowest BCUT2D eigenvalue weighted by molar-refractivity contribution is 0.0343. The first kappa shape index (κ1) is 18.1. The predicted molar refractivity (Wildman–Crippen MR) is 96.1 cm³/mol. The van der Waals surface area contributed by atoms with E-state index in [0.29, 0.717) is 23.9 Å². The van der Waals surface area contributed by atoms with E-state index >= 15 is 0 Å². The number of anilines is 1. The smallest absolute Gasteiger partial charge is 0.251 e. The quantitative estimate of drug-likeness (QED) is 0.692. The second-order valence-corrected chi connectivity index (χ2v) is 6.25. The lowest BCUT2D eigenvalue weighted by Crippen LogP contribution is -2.36. The van der Waals surface area contributed by atoms with Crippen LogP contribution in [0.4, 0.5) is 5.82 Å². The van der Waals surface area contributed by atoms with Gasteiger partial charge in [-0.2, -0.15) is 0 Å². The third kappa shape index (κ3) is 4.89. The Morgan fingerprint density at radius 2 is 1.96 bits per heavy atom. The van der Waals surface area contributed by atoms with Gasteiger partial charge in [-0.3, -0.25) is 4.79 Å². The number of nitrogens with one attached hydrogen (secondary N) is 2. The van der Waals surface area contributed by atoms with E-state index < -0.39 is 5.60 Å². The average molecular weight is 330 g/mol. The number of rotatable bonds is 8. The van der Waals surface area contributed by atoms with Gasteiger partial charge in [-0.05, 0) is 31.9 Å². The molecule has 24 heavy (non-hydrogen) atoms. The second-order valence-electron chi connectivity index (χ2n) is 6.25. The van der Waals surface area contributed by atoms with Gasteiger partial charge in [0.2, 0.25) is 0 Å². The molecule has 0 atom stereocenters. The van der Waals surface area contributed by atoms with E-state index in [1.54, 1.807) is 13.1 Å². The maximum atomic E-state index is 11.5. The molecular formula is C18H26N4O2. The van der Waals surface area contributed by atoms with Crippen LogP contribution in [0.5, 0.6) is 0 Å². The standard InChI is InChI=1S/C18H26N4O2/c1-4-8-18(24,9-5-2)12-20-15-7-6-14(11-19-15)17-21-13(3)10-16(23)22-17/h6-7,10-11,24H,4-5,8-9,12H2,1-3H3,(H,19,20)(H,21,22,23). The van der Waals surface area contributed by atoms with Crippen molar-refractivity contribution in [2.75, 3.05) is 11.9 Å².